The van der Waals surface area contributed by atoms with Gasteiger partial charge in [-0.05, 0) is 11.1 Å². The Hall–Kier alpha value is -5.28. The Labute approximate surface area is 283 Å². The van der Waals surface area contributed by atoms with Gasteiger partial charge in [0, 0.05) is 29.8 Å². The summed E-state index contributed by atoms with van der Waals surface area (Å²) in [7, 11) is 0. The Morgan fingerprint density at radius 1 is 1.06 bits per heavy atom. The summed E-state index contributed by atoms with van der Waals surface area (Å²) in [6, 6.07) is 23.0. The number of anilines is 1. The number of carbonyl (C=O) groups is 4. The number of nitrogens with one attached hydrogen (secondary N) is 1. The number of ether oxygens (including phenoxy) is 1. The minimum absolute atomic E-state index is 0.00512. The van der Waals surface area contributed by atoms with E-state index in [2.05, 4.69) is 15.5 Å². The highest BCUT2D eigenvalue weighted by molar-refractivity contribution is 8.00. The van der Waals surface area contributed by atoms with Crippen LogP contribution in [0.2, 0.25) is 0 Å². The molecule has 2 aliphatic heterocycles. The highest BCUT2D eigenvalue weighted by atomic mass is 32.2. The van der Waals surface area contributed by atoms with Gasteiger partial charge in [-0.15, -0.1) is 23.1 Å². The number of nitrogens with zero attached hydrogens (tertiary/aromatic N) is 4. The number of aromatic nitrogens is 2. The van der Waals surface area contributed by atoms with E-state index in [1.807, 2.05) is 78.9 Å². The Balaban J connectivity index is 1.12. The summed E-state index contributed by atoms with van der Waals surface area (Å²) < 4.78 is 7.52. The number of fused-ring (bicyclic) bond motifs is 1. The van der Waals surface area contributed by atoms with E-state index < -0.39 is 53.3 Å². The summed E-state index contributed by atoms with van der Waals surface area (Å²) in [4.78, 5) is 62.9. The average molecular weight is 688 g/mol. The summed E-state index contributed by atoms with van der Waals surface area (Å²) in [5.41, 5.74) is 5.93. The van der Waals surface area contributed by atoms with Crippen molar-refractivity contribution < 1.29 is 38.4 Å². The van der Waals surface area contributed by atoms with E-state index in [1.165, 1.54) is 22.0 Å². The fourth-order valence-corrected chi connectivity index (χ4v) is 7.60. The Morgan fingerprint density at radius 3 is 2.31 bits per heavy atom. The lowest BCUT2D eigenvalue weighted by Crippen LogP contribution is -2.75. The quantitative estimate of drug-likeness (QED) is 0.0658. The molecule has 2 aromatic carbocycles. The molecule has 2 saturated heterocycles. The number of nitrogens with two attached hydrogens (primary N) is 1. The number of hydrogen-bond donors (Lipinski definition) is 3. The molecule has 48 heavy (non-hydrogen) atoms. The van der Waals surface area contributed by atoms with Crippen LogP contribution in [0.5, 0.6) is 0 Å². The number of carboxylic acids is 1. The summed E-state index contributed by atoms with van der Waals surface area (Å²) in [6.45, 7) is -0.435. The number of carbonyl (C=O) groups excluding carboxylic acids is 3. The van der Waals surface area contributed by atoms with Crippen LogP contribution in [0, 0.1) is 5.41 Å². The number of amides is 2. The number of thiazole rings is 1. The number of thioether (sulfide) groups is 1. The number of aliphatic carboxylic acids is 1. The molecule has 4 heterocycles. The summed E-state index contributed by atoms with van der Waals surface area (Å²) in [5, 5.41) is 18.0. The second kappa shape index (κ2) is 14.2. The predicted octanol–water partition coefficient (Wildman–Crippen LogP) is 2.24. The standard InChI is InChI=1S/C33H30N6O7S2/c34-32-35-23(17-47-32)25(37-45-16-24(40)46-27(21-10-4-1-5-11-21)22-12-6-2-7-13-22)28(41)36-26-29(42)39-19-33(31(43)44,20-48-30(26)39)18-38-14-8-3-9-15-38/h1-15,17,26-27,30H,16,18-20H2,(H3-,34,35,36,41,43,44)/p+1/t26-,30-,33?/m1/s1. The highest BCUT2D eigenvalue weighted by Crippen LogP contribution is 2.42. The largest absolute Gasteiger partial charge is 0.481 e. The number of esters is 1. The lowest BCUT2D eigenvalue weighted by atomic mass is 9.86. The second-order valence-electron chi connectivity index (χ2n) is 11.2. The van der Waals surface area contributed by atoms with Gasteiger partial charge >= 0.3 is 11.9 Å². The zero-order valence-electron chi connectivity index (χ0n) is 25.4. The monoisotopic (exact) mass is 687 g/mol. The van der Waals surface area contributed by atoms with Gasteiger partial charge in [-0.3, -0.25) is 14.4 Å². The molecule has 2 aliphatic rings. The molecule has 0 saturated carbocycles. The predicted molar refractivity (Wildman–Crippen MR) is 176 cm³/mol. The average Bonchev–Trinajstić information content (AvgIpc) is 3.54. The van der Waals surface area contributed by atoms with E-state index >= 15 is 0 Å². The van der Waals surface area contributed by atoms with E-state index in [1.54, 1.807) is 17.0 Å². The molecule has 246 valence electrons. The smallest absolute Gasteiger partial charge is 0.347 e. The lowest BCUT2D eigenvalue weighted by molar-refractivity contribution is -0.706. The van der Waals surface area contributed by atoms with Crippen LogP contribution in [-0.2, 0) is 35.3 Å². The molecule has 0 radical (unpaired) electrons. The molecular formula is C33H31N6O7S2+. The van der Waals surface area contributed by atoms with Crippen LogP contribution in [0.3, 0.4) is 0 Å². The maximum absolute atomic E-state index is 13.5. The van der Waals surface area contributed by atoms with Gasteiger partial charge in [0.25, 0.3) is 5.91 Å². The number of carboxylic acid groups (broad SMARTS) is 1. The van der Waals surface area contributed by atoms with Gasteiger partial charge in [-0.25, -0.2) is 14.3 Å². The van der Waals surface area contributed by atoms with Crippen molar-refractivity contribution >= 4 is 57.7 Å². The number of hydrogen-bond acceptors (Lipinski definition) is 11. The molecule has 3 atom stereocenters. The molecule has 6 rings (SSSR count). The minimum Gasteiger partial charge on any atom is -0.481 e. The van der Waals surface area contributed by atoms with Gasteiger partial charge in [0.05, 0.1) is 0 Å². The van der Waals surface area contributed by atoms with Crippen LogP contribution < -0.4 is 15.6 Å². The van der Waals surface area contributed by atoms with Gasteiger partial charge in [-0.1, -0.05) is 71.9 Å². The van der Waals surface area contributed by atoms with E-state index in [0.29, 0.717) is 0 Å². The van der Waals surface area contributed by atoms with Gasteiger partial charge in [-0.2, -0.15) is 0 Å². The van der Waals surface area contributed by atoms with Crippen molar-refractivity contribution in [3.63, 3.8) is 0 Å². The maximum atomic E-state index is 13.5. The molecule has 0 spiro atoms. The highest BCUT2D eigenvalue weighted by Gasteiger charge is 2.59. The van der Waals surface area contributed by atoms with Crippen LogP contribution in [0.1, 0.15) is 22.9 Å². The molecular weight excluding hydrogens is 657 g/mol. The van der Waals surface area contributed by atoms with E-state index in [0.717, 1.165) is 22.5 Å². The zero-order chi connectivity index (χ0) is 33.7. The molecule has 13 nitrogen and oxygen atoms in total. The third kappa shape index (κ3) is 7.01. The van der Waals surface area contributed by atoms with Crippen LogP contribution in [-0.4, -0.2) is 74.8 Å². The third-order valence-electron chi connectivity index (χ3n) is 7.92. The number of benzene rings is 2. The molecule has 1 unspecified atom stereocenters. The fraction of sp³-hybridized carbons (Fsp3) is 0.242. The molecule has 0 bridgehead atoms. The first-order valence-corrected chi connectivity index (χ1v) is 16.8. The van der Waals surface area contributed by atoms with E-state index in [-0.39, 0.29) is 35.4 Å². The Morgan fingerprint density at radius 2 is 1.71 bits per heavy atom. The van der Waals surface area contributed by atoms with Gasteiger partial charge < -0.3 is 30.6 Å². The molecule has 2 aromatic heterocycles. The minimum atomic E-state index is -1.20. The van der Waals surface area contributed by atoms with Crippen LogP contribution in [0.15, 0.2) is 102 Å². The molecule has 15 heteroatoms. The van der Waals surface area contributed by atoms with Crippen molar-refractivity contribution in [3.8, 4) is 0 Å². The molecule has 2 fully saturated rings. The van der Waals surface area contributed by atoms with Crippen LogP contribution in [0.25, 0.3) is 0 Å². The van der Waals surface area contributed by atoms with Crippen molar-refractivity contribution in [1.29, 1.82) is 0 Å². The van der Waals surface area contributed by atoms with Crippen molar-refractivity contribution in [1.82, 2.24) is 15.2 Å². The Kier molecular flexibility index (Phi) is 9.68. The first kappa shape index (κ1) is 32.7. The van der Waals surface area contributed by atoms with E-state index in [9.17, 15) is 24.3 Å². The van der Waals surface area contributed by atoms with Crippen LogP contribution >= 0.6 is 23.1 Å². The van der Waals surface area contributed by atoms with E-state index in [4.69, 9.17) is 15.3 Å². The molecule has 4 aromatic rings. The third-order valence-corrected chi connectivity index (χ3v) is 10.2. The van der Waals surface area contributed by atoms with Gasteiger partial charge in [0.15, 0.2) is 41.3 Å². The fourth-order valence-electron chi connectivity index (χ4n) is 5.52. The number of β-lactam (4-membered cyclic amide) rings is 1. The number of oxime groups is 1. The van der Waals surface area contributed by atoms with Gasteiger partial charge in [0.2, 0.25) is 12.5 Å². The first-order chi connectivity index (χ1) is 23.2. The first-order valence-electron chi connectivity index (χ1n) is 14.9. The molecule has 2 amide bonds. The number of rotatable bonds is 12. The van der Waals surface area contributed by atoms with Gasteiger partial charge in [0.1, 0.15) is 17.1 Å². The normalized spacial score (nSPS) is 20.4. The molecule has 0 aliphatic carbocycles. The van der Waals surface area contributed by atoms with Crippen LogP contribution in [0.4, 0.5) is 5.13 Å². The van der Waals surface area contributed by atoms with Crippen molar-refractivity contribution in [2.45, 2.75) is 24.1 Å². The zero-order valence-corrected chi connectivity index (χ0v) is 27.0. The SMILES string of the molecule is Nc1nc(C(=NOCC(=O)OC(c2ccccc2)c2ccccc2)C(=O)N[C@@H]2C(=O)N3CC(C[n+]4ccccc4)(C(=O)O)CS[C@H]23)cs1. The number of pyridine rings is 1. The van der Waals surface area contributed by atoms with Crippen molar-refractivity contribution in [3.05, 3.63) is 113 Å². The topological polar surface area (TPSA) is 177 Å². The number of nitrogen functional groups attached to an aromatic ring is 1. The summed E-state index contributed by atoms with van der Waals surface area (Å²) in [5.74, 6) is -2.69. The Bertz CT molecular complexity index is 1790. The second-order valence-corrected chi connectivity index (χ2v) is 13.2. The lowest BCUT2D eigenvalue weighted by Gasteiger charge is -2.53. The summed E-state index contributed by atoms with van der Waals surface area (Å²) >= 11 is 2.36. The molecule has 4 N–H and O–H groups in total. The maximum Gasteiger partial charge on any atom is 0.347 e. The van der Waals surface area contributed by atoms with Crippen molar-refractivity contribution in [2.24, 2.45) is 10.6 Å². The van der Waals surface area contributed by atoms with Crippen molar-refractivity contribution in [2.75, 3.05) is 24.6 Å². The summed E-state index contributed by atoms with van der Waals surface area (Å²) in [6.07, 6.45) is 2.86.